The molecular weight excluding hydrogens is 342 g/mol. The number of amides is 1. The summed E-state index contributed by atoms with van der Waals surface area (Å²) in [6.45, 7) is 0. The van der Waals surface area contributed by atoms with Gasteiger partial charge in [-0.15, -0.1) is 0 Å². The Morgan fingerprint density at radius 2 is 1.59 bits per heavy atom. The van der Waals surface area contributed by atoms with Crippen LogP contribution in [0.4, 0.5) is 5.69 Å². The summed E-state index contributed by atoms with van der Waals surface area (Å²) in [5, 5.41) is 12.2. The molecule has 0 bridgehead atoms. The number of nitrogens with one attached hydrogen (secondary N) is 1. The average molecular weight is 367 g/mol. The lowest BCUT2D eigenvalue weighted by molar-refractivity contribution is -0.146. The Morgan fingerprint density at radius 3 is 2.22 bits per heavy atom. The van der Waals surface area contributed by atoms with E-state index in [1.807, 2.05) is 30.3 Å². The molecule has 142 valence electrons. The molecule has 0 aromatic heterocycles. The third kappa shape index (κ3) is 5.58. The van der Waals surface area contributed by atoms with Crippen LogP contribution in [0.15, 0.2) is 54.6 Å². The molecule has 2 aromatic carbocycles. The van der Waals surface area contributed by atoms with Crippen molar-refractivity contribution >= 4 is 17.6 Å². The number of benzene rings is 2. The fourth-order valence-corrected chi connectivity index (χ4v) is 3.54. The largest absolute Gasteiger partial charge is 0.481 e. The van der Waals surface area contributed by atoms with Crippen LogP contribution >= 0.6 is 0 Å². The Bertz CT molecular complexity index is 752. The van der Waals surface area contributed by atoms with E-state index in [1.165, 1.54) is 6.42 Å². The number of rotatable bonds is 7. The topological polar surface area (TPSA) is 75.6 Å². The minimum atomic E-state index is -1.05. The van der Waals surface area contributed by atoms with Gasteiger partial charge < -0.3 is 15.2 Å². The van der Waals surface area contributed by atoms with Crippen LogP contribution in [0.25, 0.3) is 0 Å². The monoisotopic (exact) mass is 367 g/mol. The number of anilines is 1. The van der Waals surface area contributed by atoms with Crippen LogP contribution in [-0.4, -0.2) is 17.0 Å². The third-order valence-electron chi connectivity index (χ3n) is 5.01. The zero-order valence-electron chi connectivity index (χ0n) is 15.3. The molecule has 27 heavy (non-hydrogen) atoms. The van der Waals surface area contributed by atoms with Crippen LogP contribution in [0, 0.1) is 11.8 Å². The van der Waals surface area contributed by atoms with Crippen LogP contribution in [-0.2, 0) is 9.59 Å². The van der Waals surface area contributed by atoms with Crippen molar-refractivity contribution in [1.29, 1.82) is 0 Å². The van der Waals surface area contributed by atoms with E-state index < -0.39 is 17.8 Å². The van der Waals surface area contributed by atoms with Gasteiger partial charge in [0.25, 0.3) is 0 Å². The van der Waals surface area contributed by atoms with Crippen LogP contribution in [0.3, 0.4) is 0 Å². The zero-order valence-corrected chi connectivity index (χ0v) is 15.3. The number of hydrogen-bond acceptors (Lipinski definition) is 3. The van der Waals surface area contributed by atoms with E-state index in [2.05, 4.69) is 5.32 Å². The molecule has 3 rings (SSSR count). The summed E-state index contributed by atoms with van der Waals surface area (Å²) in [6, 6.07) is 16.4. The summed E-state index contributed by atoms with van der Waals surface area (Å²) in [4.78, 5) is 24.1. The van der Waals surface area contributed by atoms with Gasteiger partial charge in [-0.2, -0.15) is 0 Å². The summed E-state index contributed by atoms with van der Waals surface area (Å²) >= 11 is 0. The van der Waals surface area contributed by atoms with E-state index in [0.717, 1.165) is 31.4 Å². The van der Waals surface area contributed by atoms with Gasteiger partial charge in [0.2, 0.25) is 5.91 Å². The van der Waals surface area contributed by atoms with Crippen LogP contribution in [0.5, 0.6) is 11.5 Å². The molecule has 1 atom stereocenters. The molecule has 1 fully saturated rings. The summed E-state index contributed by atoms with van der Waals surface area (Å²) in [7, 11) is 0. The number of aliphatic carboxylic acids is 1. The smallest absolute Gasteiger partial charge is 0.316 e. The first-order valence-electron chi connectivity index (χ1n) is 9.48. The van der Waals surface area contributed by atoms with Crippen molar-refractivity contribution in [2.24, 2.45) is 11.8 Å². The number of hydrogen-bond donors (Lipinski definition) is 2. The summed E-state index contributed by atoms with van der Waals surface area (Å²) in [5.41, 5.74) is 0.565. The molecule has 0 radical (unpaired) electrons. The van der Waals surface area contributed by atoms with E-state index in [0.29, 0.717) is 23.8 Å². The van der Waals surface area contributed by atoms with E-state index in [4.69, 9.17) is 4.74 Å². The molecule has 1 amide bonds. The van der Waals surface area contributed by atoms with Gasteiger partial charge in [0.15, 0.2) is 0 Å². The Kier molecular flexibility index (Phi) is 6.47. The number of carboxylic acid groups (broad SMARTS) is 1. The number of carbonyl (C=O) groups excluding carboxylic acids is 1. The SMILES string of the molecule is O=C(O)C(CC1CCCCC1)C(=O)Nc1ccc(Oc2ccccc2)cc1. The molecule has 0 saturated heterocycles. The van der Waals surface area contributed by atoms with Gasteiger partial charge in [0.1, 0.15) is 17.4 Å². The molecule has 1 unspecified atom stereocenters. The number of carbonyl (C=O) groups is 2. The molecule has 0 aliphatic heterocycles. The summed E-state index contributed by atoms with van der Waals surface area (Å²) in [6.07, 6.45) is 5.91. The van der Waals surface area contributed by atoms with Crippen molar-refractivity contribution < 1.29 is 19.4 Å². The standard InChI is InChI=1S/C22H25NO4/c24-21(20(22(25)26)15-16-7-3-1-4-8-16)23-17-11-13-19(14-12-17)27-18-9-5-2-6-10-18/h2,5-6,9-14,16,20H,1,3-4,7-8,15H2,(H,23,24)(H,25,26). The molecule has 1 aliphatic carbocycles. The molecule has 2 N–H and O–H groups in total. The van der Waals surface area contributed by atoms with Crippen molar-refractivity contribution in [3.05, 3.63) is 54.6 Å². The highest BCUT2D eigenvalue weighted by atomic mass is 16.5. The highest BCUT2D eigenvalue weighted by molar-refractivity contribution is 6.04. The number of para-hydroxylation sites is 1. The summed E-state index contributed by atoms with van der Waals surface area (Å²) in [5.74, 6) is -0.809. The van der Waals surface area contributed by atoms with Gasteiger partial charge in [-0.3, -0.25) is 9.59 Å². The summed E-state index contributed by atoms with van der Waals surface area (Å²) < 4.78 is 5.72. The van der Waals surface area contributed by atoms with Crippen molar-refractivity contribution in [2.45, 2.75) is 38.5 Å². The molecule has 1 saturated carbocycles. The second kappa shape index (κ2) is 9.21. The van der Waals surface area contributed by atoms with Crippen LogP contribution < -0.4 is 10.1 Å². The number of carboxylic acids is 1. The number of ether oxygens (including phenoxy) is 1. The van der Waals surface area contributed by atoms with Gasteiger partial charge >= 0.3 is 5.97 Å². The average Bonchev–Trinajstić information content (AvgIpc) is 2.69. The Labute approximate surface area is 159 Å². The van der Waals surface area contributed by atoms with Gasteiger partial charge in [0, 0.05) is 5.69 Å². The van der Waals surface area contributed by atoms with Crippen LogP contribution in [0.2, 0.25) is 0 Å². The fourth-order valence-electron chi connectivity index (χ4n) is 3.54. The maximum atomic E-state index is 12.5. The first-order valence-corrected chi connectivity index (χ1v) is 9.48. The lowest BCUT2D eigenvalue weighted by atomic mass is 9.82. The minimum absolute atomic E-state index is 0.326. The quantitative estimate of drug-likeness (QED) is 0.669. The van der Waals surface area contributed by atoms with Crippen molar-refractivity contribution in [3.63, 3.8) is 0 Å². The fraction of sp³-hybridized carbons (Fsp3) is 0.364. The molecule has 0 heterocycles. The van der Waals surface area contributed by atoms with Crippen molar-refractivity contribution in [1.82, 2.24) is 0 Å². The van der Waals surface area contributed by atoms with Gasteiger partial charge in [-0.25, -0.2) is 0 Å². The molecular formula is C22H25NO4. The van der Waals surface area contributed by atoms with E-state index >= 15 is 0 Å². The van der Waals surface area contributed by atoms with Gasteiger partial charge in [-0.05, 0) is 48.7 Å². The first kappa shape index (κ1) is 19.0. The minimum Gasteiger partial charge on any atom is -0.481 e. The molecule has 5 heteroatoms. The van der Waals surface area contributed by atoms with Gasteiger partial charge in [-0.1, -0.05) is 50.3 Å². The highest BCUT2D eigenvalue weighted by Gasteiger charge is 2.30. The second-order valence-corrected chi connectivity index (χ2v) is 7.06. The van der Waals surface area contributed by atoms with Crippen LogP contribution in [0.1, 0.15) is 38.5 Å². The predicted molar refractivity (Wildman–Crippen MR) is 104 cm³/mol. The lowest BCUT2D eigenvalue weighted by Crippen LogP contribution is -2.31. The normalized spacial score (nSPS) is 15.7. The molecule has 0 spiro atoms. The van der Waals surface area contributed by atoms with Gasteiger partial charge in [0.05, 0.1) is 0 Å². The highest BCUT2D eigenvalue weighted by Crippen LogP contribution is 2.30. The maximum absolute atomic E-state index is 12.5. The zero-order chi connectivity index (χ0) is 19.1. The Balaban J connectivity index is 1.58. The van der Waals surface area contributed by atoms with Crippen molar-refractivity contribution in [2.75, 3.05) is 5.32 Å². The molecule has 2 aromatic rings. The van der Waals surface area contributed by atoms with E-state index in [-0.39, 0.29) is 0 Å². The molecule has 1 aliphatic rings. The van der Waals surface area contributed by atoms with E-state index in [1.54, 1.807) is 24.3 Å². The third-order valence-corrected chi connectivity index (χ3v) is 5.01. The predicted octanol–water partition coefficient (Wildman–Crippen LogP) is 5.09. The Morgan fingerprint density at radius 1 is 0.963 bits per heavy atom. The van der Waals surface area contributed by atoms with E-state index in [9.17, 15) is 14.7 Å². The second-order valence-electron chi connectivity index (χ2n) is 7.06. The first-order chi connectivity index (χ1) is 13.1. The Hall–Kier alpha value is -2.82. The van der Waals surface area contributed by atoms with Crippen molar-refractivity contribution in [3.8, 4) is 11.5 Å². The maximum Gasteiger partial charge on any atom is 0.316 e. The molecule has 5 nitrogen and oxygen atoms in total. The lowest BCUT2D eigenvalue weighted by Gasteiger charge is -2.24.